The summed E-state index contributed by atoms with van der Waals surface area (Å²) in [4.78, 5) is 23.4. The minimum absolute atomic E-state index is 0.111. The highest BCUT2D eigenvalue weighted by Crippen LogP contribution is 2.33. The van der Waals surface area contributed by atoms with Gasteiger partial charge < -0.3 is 9.84 Å². The highest BCUT2D eigenvalue weighted by molar-refractivity contribution is 14.1. The quantitative estimate of drug-likeness (QED) is 0.823. The lowest BCUT2D eigenvalue weighted by molar-refractivity contribution is -0.137. The number of carbonyl (C=O) groups is 2. The van der Waals surface area contributed by atoms with Crippen molar-refractivity contribution >= 4 is 40.2 Å². The Bertz CT molecular complexity index is 460. The number of benzene rings is 1. The summed E-state index contributed by atoms with van der Waals surface area (Å²) in [5.41, 5.74) is 0.513. The van der Waals surface area contributed by atoms with Crippen LogP contribution in [0.15, 0.2) is 18.2 Å². The maximum Gasteiger partial charge on any atom is 0.323 e. The zero-order valence-electron chi connectivity index (χ0n) is 8.14. The van der Waals surface area contributed by atoms with Gasteiger partial charge in [-0.3, -0.25) is 14.5 Å². The minimum atomic E-state index is -1.04. The zero-order valence-corrected chi connectivity index (χ0v) is 10.3. The van der Waals surface area contributed by atoms with E-state index in [4.69, 9.17) is 9.84 Å². The maximum atomic E-state index is 11.5. The molecule has 0 saturated carbocycles. The Balaban J connectivity index is 2.40. The number of amides is 1. The summed E-state index contributed by atoms with van der Waals surface area (Å²) in [6.07, 6.45) is 0. The molecule has 1 aromatic rings. The Labute approximate surface area is 105 Å². The van der Waals surface area contributed by atoms with Gasteiger partial charge in [-0.15, -0.1) is 0 Å². The molecule has 1 aliphatic heterocycles. The van der Waals surface area contributed by atoms with Gasteiger partial charge in [-0.05, 0) is 40.8 Å². The van der Waals surface area contributed by atoms with Crippen LogP contribution in [0.4, 0.5) is 5.69 Å². The summed E-state index contributed by atoms with van der Waals surface area (Å²) in [6.45, 7) is -0.448. The molecule has 0 atom stereocenters. The number of carbonyl (C=O) groups excluding carboxylic acids is 1. The van der Waals surface area contributed by atoms with Crippen molar-refractivity contribution in [2.75, 3.05) is 18.1 Å². The lowest BCUT2D eigenvalue weighted by Gasteiger charge is -2.28. The predicted molar refractivity (Wildman–Crippen MR) is 64.6 cm³/mol. The van der Waals surface area contributed by atoms with Gasteiger partial charge in [0.2, 0.25) is 0 Å². The normalized spacial score (nSPS) is 14.3. The Hall–Kier alpha value is -1.31. The second-order valence-electron chi connectivity index (χ2n) is 3.27. The number of fused-ring (bicyclic) bond motifs is 1. The van der Waals surface area contributed by atoms with E-state index >= 15 is 0 Å². The first-order chi connectivity index (χ1) is 7.58. The largest absolute Gasteiger partial charge is 0.482 e. The molecule has 0 radical (unpaired) electrons. The molecule has 1 heterocycles. The van der Waals surface area contributed by atoms with Crippen molar-refractivity contribution < 1.29 is 19.4 Å². The first kappa shape index (κ1) is 11.2. The molecule has 2 rings (SSSR count). The molecular formula is C10H8INO4. The van der Waals surface area contributed by atoms with E-state index in [9.17, 15) is 9.59 Å². The number of rotatable bonds is 2. The maximum absolute atomic E-state index is 11.5. The van der Waals surface area contributed by atoms with Gasteiger partial charge >= 0.3 is 5.97 Å². The highest BCUT2D eigenvalue weighted by Gasteiger charge is 2.27. The Morgan fingerprint density at radius 3 is 3.00 bits per heavy atom. The number of anilines is 1. The molecule has 0 bridgehead atoms. The molecule has 0 aromatic heterocycles. The third-order valence-electron chi connectivity index (χ3n) is 2.16. The monoisotopic (exact) mass is 333 g/mol. The summed E-state index contributed by atoms with van der Waals surface area (Å²) < 4.78 is 6.21. The number of hydrogen-bond acceptors (Lipinski definition) is 3. The van der Waals surface area contributed by atoms with E-state index in [1.165, 1.54) is 4.90 Å². The zero-order chi connectivity index (χ0) is 11.7. The molecule has 1 aliphatic rings. The van der Waals surface area contributed by atoms with Crippen molar-refractivity contribution in [3.8, 4) is 5.75 Å². The van der Waals surface area contributed by atoms with Gasteiger partial charge in [0.05, 0.1) is 5.69 Å². The molecule has 0 unspecified atom stereocenters. The van der Waals surface area contributed by atoms with Crippen LogP contribution in [-0.2, 0) is 9.59 Å². The minimum Gasteiger partial charge on any atom is -0.482 e. The van der Waals surface area contributed by atoms with Crippen LogP contribution in [0.5, 0.6) is 5.75 Å². The topological polar surface area (TPSA) is 66.8 Å². The van der Waals surface area contributed by atoms with Gasteiger partial charge in [-0.25, -0.2) is 0 Å². The van der Waals surface area contributed by atoms with Gasteiger partial charge in [0.25, 0.3) is 5.91 Å². The van der Waals surface area contributed by atoms with Crippen molar-refractivity contribution in [1.29, 1.82) is 0 Å². The van der Waals surface area contributed by atoms with Crippen molar-refractivity contribution in [3.05, 3.63) is 21.8 Å². The lowest BCUT2D eigenvalue weighted by Crippen LogP contribution is -2.41. The van der Waals surface area contributed by atoms with Crippen LogP contribution in [0.1, 0.15) is 0 Å². The fourth-order valence-electron chi connectivity index (χ4n) is 1.49. The van der Waals surface area contributed by atoms with Crippen LogP contribution in [0.3, 0.4) is 0 Å². The molecule has 1 aromatic carbocycles. The molecule has 0 fully saturated rings. The molecule has 16 heavy (non-hydrogen) atoms. The van der Waals surface area contributed by atoms with Gasteiger partial charge in [-0.2, -0.15) is 0 Å². The Morgan fingerprint density at radius 2 is 2.31 bits per heavy atom. The van der Waals surface area contributed by atoms with Crippen molar-refractivity contribution in [2.24, 2.45) is 0 Å². The molecular weight excluding hydrogens is 325 g/mol. The second-order valence-corrected chi connectivity index (χ2v) is 4.52. The van der Waals surface area contributed by atoms with Crippen LogP contribution in [0, 0.1) is 3.57 Å². The molecule has 0 aliphatic carbocycles. The van der Waals surface area contributed by atoms with E-state index in [0.29, 0.717) is 11.4 Å². The van der Waals surface area contributed by atoms with Crippen LogP contribution in [0.2, 0.25) is 0 Å². The van der Waals surface area contributed by atoms with Crippen molar-refractivity contribution in [1.82, 2.24) is 0 Å². The van der Waals surface area contributed by atoms with Crippen LogP contribution in [0.25, 0.3) is 0 Å². The Kier molecular flexibility index (Phi) is 2.99. The molecule has 0 spiro atoms. The summed E-state index contributed by atoms with van der Waals surface area (Å²) >= 11 is 2.12. The van der Waals surface area contributed by atoms with Crippen molar-refractivity contribution in [2.45, 2.75) is 0 Å². The molecule has 5 nitrogen and oxygen atoms in total. The van der Waals surface area contributed by atoms with Gasteiger partial charge in [0.1, 0.15) is 12.3 Å². The smallest absolute Gasteiger partial charge is 0.323 e. The fraction of sp³-hybridized carbons (Fsp3) is 0.200. The summed E-state index contributed by atoms with van der Waals surface area (Å²) in [6, 6.07) is 5.27. The second kappa shape index (κ2) is 4.28. The molecule has 1 amide bonds. The standard InChI is InChI=1S/C10H8INO4/c11-6-1-2-7-8(3-6)16-5-9(13)12(7)4-10(14)15/h1-3H,4-5H2,(H,14,15). The first-order valence-electron chi connectivity index (χ1n) is 4.52. The van der Waals surface area contributed by atoms with Gasteiger partial charge in [0.15, 0.2) is 6.61 Å². The fourth-order valence-corrected chi connectivity index (χ4v) is 1.95. The number of ether oxygens (including phenoxy) is 1. The Morgan fingerprint density at radius 1 is 1.56 bits per heavy atom. The number of halogens is 1. The predicted octanol–water partition coefficient (Wildman–Crippen LogP) is 1.10. The molecule has 1 N–H and O–H groups in total. The highest BCUT2D eigenvalue weighted by atomic mass is 127. The molecule has 0 saturated heterocycles. The van der Waals surface area contributed by atoms with E-state index in [1.807, 2.05) is 0 Å². The SMILES string of the molecule is O=C(O)CN1C(=O)COc2cc(I)ccc21. The number of carboxylic acid groups (broad SMARTS) is 1. The number of aliphatic carboxylic acids is 1. The third-order valence-corrected chi connectivity index (χ3v) is 2.83. The number of carboxylic acids is 1. The van der Waals surface area contributed by atoms with Gasteiger partial charge in [-0.1, -0.05) is 0 Å². The van der Waals surface area contributed by atoms with E-state index in [-0.39, 0.29) is 19.1 Å². The summed E-state index contributed by atoms with van der Waals surface area (Å²) in [7, 11) is 0. The number of nitrogens with zero attached hydrogens (tertiary/aromatic N) is 1. The van der Waals surface area contributed by atoms with Crippen molar-refractivity contribution in [3.63, 3.8) is 0 Å². The van der Waals surface area contributed by atoms with E-state index in [1.54, 1.807) is 18.2 Å². The third kappa shape index (κ3) is 2.11. The van der Waals surface area contributed by atoms with Crippen LogP contribution < -0.4 is 9.64 Å². The average Bonchev–Trinajstić information content (AvgIpc) is 2.22. The van der Waals surface area contributed by atoms with Crippen LogP contribution in [-0.4, -0.2) is 30.1 Å². The summed E-state index contributed by atoms with van der Waals surface area (Å²) in [5.74, 6) is -0.830. The summed E-state index contributed by atoms with van der Waals surface area (Å²) in [5, 5.41) is 8.73. The van der Waals surface area contributed by atoms with E-state index in [2.05, 4.69) is 22.6 Å². The number of hydrogen-bond donors (Lipinski definition) is 1. The van der Waals surface area contributed by atoms with E-state index in [0.717, 1.165) is 3.57 Å². The lowest BCUT2D eigenvalue weighted by atomic mass is 10.2. The first-order valence-corrected chi connectivity index (χ1v) is 5.60. The van der Waals surface area contributed by atoms with Crippen LogP contribution >= 0.6 is 22.6 Å². The molecule has 84 valence electrons. The van der Waals surface area contributed by atoms with Gasteiger partial charge in [0, 0.05) is 3.57 Å². The molecule has 6 heteroatoms. The average molecular weight is 333 g/mol. The van der Waals surface area contributed by atoms with E-state index < -0.39 is 5.97 Å².